The summed E-state index contributed by atoms with van der Waals surface area (Å²) in [7, 11) is 0. The van der Waals surface area contributed by atoms with Crippen molar-refractivity contribution in [1.82, 2.24) is 0 Å². The van der Waals surface area contributed by atoms with Gasteiger partial charge in [0.05, 0.1) is 0 Å². The van der Waals surface area contributed by atoms with E-state index in [2.05, 4.69) is 19.1 Å². The molecule has 0 saturated heterocycles. The molecule has 0 rings (SSSR count). The molecule has 0 aromatic heterocycles. The first-order valence-electron chi connectivity index (χ1n) is 10.6. The molecule has 0 aliphatic carbocycles. The molecule has 0 aromatic carbocycles. The summed E-state index contributed by atoms with van der Waals surface area (Å²) in [6.07, 6.45) is 27.8. The van der Waals surface area contributed by atoms with Gasteiger partial charge in [0.25, 0.3) is 0 Å². The minimum atomic E-state index is -0.185. The fraction of sp³-hybridized carbons (Fsp3) is 0.864. The first-order chi connectivity index (χ1) is 11.8. The van der Waals surface area contributed by atoms with Crippen LogP contribution in [0.2, 0.25) is 0 Å². The lowest BCUT2D eigenvalue weighted by molar-refractivity contribution is -0.111. The van der Waals surface area contributed by atoms with Crippen molar-refractivity contribution in [3.05, 3.63) is 12.2 Å². The highest BCUT2D eigenvalue weighted by atomic mass is 35.5. The van der Waals surface area contributed by atoms with Crippen molar-refractivity contribution >= 4 is 16.8 Å². The van der Waals surface area contributed by atoms with Crippen LogP contribution in [0, 0.1) is 0 Å². The molecule has 0 saturated carbocycles. The van der Waals surface area contributed by atoms with E-state index in [0.717, 1.165) is 12.8 Å². The van der Waals surface area contributed by atoms with Crippen LogP contribution in [0.1, 0.15) is 122 Å². The Hall–Kier alpha value is -0.300. The van der Waals surface area contributed by atoms with Crippen LogP contribution in [-0.2, 0) is 4.79 Å². The zero-order valence-electron chi connectivity index (χ0n) is 16.2. The Balaban J connectivity index is 3.07. The molecule has 0 aromatic rings. The van der Waals surface area contributed by atoms with Crippen LogP contribution in [0.4, 0.5) is 0 Å². The van der Waals surface area contributed by atoms with Crippen LogP contribution in [0.15, 0.2) is 12.2 Å². The van der Waals surface area contributed by atoms with Crippen molar-refractivity contribution < 1.29 is 4.79 Å². The van der Waals surface area contributed by atoms with E-state index in [9.17, 15) is 4.79 Å². The Kier molecular flexibility index (Phi) is 20.5. The number of hydrogen-bond donors (Lipinski definition) is 0. The van der Waals surface area contributed by atoms with Crippen LogP contribution in [0.3, 0.4) is 0 Å². The Bertz CT molecular complexity index is 286. The summed E-state index contributed by atoms with van der Waals surface area (Å²) in [5.41, 5.74) is 0. The molecule has 0 unspecified atom stereocenters. The minimum absolute atomic E-state index is 0.185. The average Bonchev–Trinajstić information content (AvgIpc) is 2.56. The molecule has 0 N–H and O–H groups in total. The predicted octanol–water partition coefficient (Wildman–Crippen LogP) is 8.35. The second-order valence-corrected chi connectivity index (χ2v) is 7.53. The molecule has 142 valence electrons. The van der Waals surface area contributed by atoms with Crippen molar-refractivity contribution in [2.45, 2.75) is 122 Å². The van der Waals surface area contributed by atoms with Gasteiger partial charge in [-0.25, -0.2) is 0 Å². The molecular formula is C22H41ClO. The van der Waals surface area contributed by atoms with E-state index in [-0.39, 0.29) is 5.24 Å². The molecule has 0 aliphatic heterocycles. The van der Waals surface area contributed by atoms with Crippen molar-refractivity contribution in [2.24, 2.45) is 0 Å². The van der Waals surface area contributed by atoms with E-state index in [0.29, 0.717) is 6.42 Å². The van der Waals surface area contributed by atoms with Gasteiger partial charge in [-0.2, -0.15) is 0 Å². The van der Waals surface area contributed by atoms with Gasteiger partial charge in [0.15, 0.2) is 0 Å². The lowest BCUT2D eigenvalue weighted by Gasteiger charge is -2.01. The maximum Gasteiger partial charge on any atom is 0.221 e. The number of unbranched alkanes of at least 4 members (excludes halogenated alkanes) is 15. The minimum Gasteiger partial charge on any atom is -0.281 e. The third-order valence-corrected chi connectivity index (χ3v) is 4.82. The van der Waals surface area contributed by atoms with Crippen molar-refractivity contribution in [1.29, 1.82) is 0 Å². The van der Waals surface area contributed by atoms with Crippen LogP contribution in [-0.4, -0.2) is 5.24 Å². The molecule has 0 radical (unpaired) electrons. The maximum absolute atomic E-state index is 10.6. The van der Waals surface area contributed by atoms with E-state index in [1.165, 1.54) is 96.3 Å². The lowest BCUT2D eigenvalue weighted by Crippen LogP contribution is -1.86. The summed E-state index contributed by atoms with van der Waals surface area (Å²) >= 11 is 5.31. The Labute approximate surface area is 156 Å². The summed E-state index contributed by atoms with van der Waals surface area (Å²) in [6, 6.07) is 0. The largest absolute Gasteiger partial charge is 0.281 e. The SMILES string of the molecule is CCCCCCCCC/C=C/CCCCCCCCCCC(=O)Cl. The summed E-state index contributed by atoms with van der Waals surface area (Å²) in [5, 5.41) is -0.185. The second-order valence-electron chi connectivity index (χ2n) is 7.10. The fourth-order valence-electron chi connectivity index (χ4n) is 3.04. The van der Waals surface area contributed by atoms with Gasteiger partial charge in [-0.1, -0.05) is 96.1 Å². The van der Waals surface area contributed by atoms with E-state index in [1.807, 2.05) is 0 Å². The van der Waals surface area contributed by atoms with Gasteiger partial charge in [-0.05, 0) is 43.7 Å². The number of rotatable bonds is 19. The van der Waals surface area contributed by atoms with Gasteiger partial charge in [0.2, 0.25) is 5.24 Å². The van der Waals surface area contributed by atoms with Gasteiger partial charge in [-0.3, -0.25) is 4.79 Å². The van der Waals surface area contributed by atoms with E-state index < -0.39 is 0 Å². The third-order valence-electron chi connectivity index (χ3n) is 4.64. The molecular weight excluding hydrogens is 316 g/mol. The Morgan fingerprint density at radius 3 is 1.42 bits per heavy atom. The van der Waals surface area contributed by atoms with Crippen molar-refractivity contribution in [2.75, 3.05) is 0 Å². The van der Waals surface area contributed by atoms with Crippen LogP contribution in [0.5, 0.6) is 0 Å². The summed E-state index contributed by atoms with van der Waals surface area (Å²) in [5.74, 6) is 0. The van der Waals surface area contributed by atoms with Crippen LogP contribution >= 0.6 is 11.6 Å². The summed E-state index contributed by atoms with van der Waals surface area (Å²) in [6.45, 7) is 2.28. The van der Waals surface area contributed by atoms with Gasteiger partial charge in [0.1, 0.15) is 0 Å². The Morgan fingerprint density at radius 2 is 1.00 bits per heavy atom. The quantitative estimate of drug-likeness (QED) is 0.129. The number of carbonyl (C=O) groups is 1. The molecule has 0 aliphatic rings. The first kappa shape index (κ1) is 23.7. The number of halogens is 1. The molecule has 0 bridgehead atoms. The zero-order chi connectivity index (χ0) is 17.7. The third kappa shape index (κ3) is 21.7. The summed E-state index contributed by atoms with van der Waals surface area (Å²) < 4.78 is 0. The molecule has 0 heterocycles. The molecule has 0 spiro atoms. The summed E-state index contributed by atoms with van der Waals surface area (Å²) in [4.78, 5) is 10.6. The van der Waals surface area contributed by atoms with Crippen LogP contribution < -0.4 is 0 Å². The van der Waals surface area contributed by atoms with Crippen molar-refractivity contribution in [3.8, 4) is 0 Å². The number of carbonyl (C=O) groups excluding carboxylic acids is 1. The zero-order valence-corrected chi connectivity index (χ0v) is 16.9. The topological polar surface area (TPSA) is 17.1 Å². The standard InChI is InChI=1S/C22H41ClO/c1-2-3-4-5-6-7-8-9-10-11-12-13-14-15-16-17-18-19-20-21-22(23)24/h10-11H,2-9,12-21H2,1H3/b11-10+. The fourth-order valence-corrected chi connectivity index (χ4v) is 3.18. The van der Waals surface area contributed by atoms with Crippen LogP contribution in [0.25, 0.3) is 0 Å². The predicted molar refractivity (Wildman–Crippen MR) is 109 cm³/mol. The molecule has 0 atom stereocenters. The molecule has 2 heteroatoms. The normalized spacial score (nSPS) is 11.4. The first-order valence-corrected chi connectivity index (χ1v) is 11.0. The average molecular weight is 357 g/mol. The van der Waals surface area contributed by atoms with Gasteiger partial charge >= 0.3 is 0 Å². The molecule has 1 nitrogen and oxygen atoms in total. The van der Waals surface area contributed by atoms with E-state index >= 15 is 0 Å². The number of hydrogen-bond acceptors (Lipinski definition) is 1. The molecule has 0 fully saturated rings. The van der Waals surface area contributed by atoms with Gasteiger partial charge in [0, 0.05) is 6.42 Å². The van der Waals surface area contributed by atoms with Gasteiger partial charge in [-0.15, -0.1) is 0 Å². The monoisotopic (exact) mass is 356 g/mol. The second kappa shape index (κ2) is 20.7. The molecule has 0 amide bonds. The highest BCUT2D eigenvalue weighted by molar-refractivity contribution is 6.63. The van der Waals surface area contributed by atoms with Crippen molar-refractivity contribution in [3.63, 3.8) is 0 Å². The van der Waals surface area contributed by atoms with E-state index in [1.54, 1.807) is 0 Å². The molecule has 24 heavy (non-hydrogen) atoms. The highest BCUT2D eigenvalue weighted by Gasteiger charge is 1.96. The number of allylic oxidation sites excluding steroid dienone is 2. The smallest absolute Gasteiger partial charge is 0.221 e. The maximum atomic E-state index is 10.6. The Morgan fingerprint density at radius 1 is 0.625 bits per heavy atom. The lowest BCUT2D eigenvalue weighted by atomic mass is 10.1. The van der Waals surface area contributed by atoms with E-state index in [4.69, 9.17) is 11.6 Å². The van der Waals surface area contributed by atoms with Gasteiger partial charge < -0.3 is 0 Å². The highest BCUT2D eigenvalue weighted by Crippen LogP contribution is 2.12.